The van der Waals surface area contributed by atoms with Crippen molar-refractivity contribution in [1.82, 2.24) is 24.9 Å². The molecule has 18 heavy (non-hydrogen) atoms. The van der Waals surface area contributed by atoms with Crippen LogP contribution in [0.2, 0.25) is 0 Å². The zero-order chi connectivity index (χ0) is 13.0. The Labute approximate surface area is 105 Å². The quantitative estimate of drug-likeness (QED) is 0.771. The largest absolute Gasteiger partial charge is 0.396 e. The molecule has 1 unspecified atom stereocenters. The highest BCUT2D eigenvalue weighted by Crippen LogP contribution is 1.97. The smallest absolute Gasteiger partial charge is 0.242 e. The summed E-state index contributed by atoms with van der Waals surface area (Å²) in [5, 5.41) is 10.9. The molecule has 0 aromatic carbocycles. The minimum atomic E-state index is -0.0993. The van der Waals surface area contributed by atoms with Crippen LogP contribution in [0.1, 0.15) is 6.92 Å². The van der Waals surface area contributed by atoms with Crippen molar-refractivity contribution in [2.24, 2.45) is 0 Å². The van der Waals surface area contributed by atoms with E-state index in [0.717, 1.165) is 0 Å². The van der Waals surface area contributed by atoms with Gasteiger partial charge in [0.2, 0.25) is 5.91 Å². The first-order valence-corrected chi connectivity index (χ1v) is 5.68. The second-order valence-electron chi connectivity index (χ2n) is 4.17. The highest BCUT2D eigenvalue weighted by Gasteiger charge is 2.09. The number of hydrogen-bond donors (Lipinski definition) is 2. The Morgan fingerprint density at radius 2 is 2.33 bits per heavy atom. The predicted molar refractivity (Wildman–Crippen MR) is 66.5 cm³/mol. The van der Waals surface area contributed by atoms with Crippen LogP contribution in [0.15, 0.2) is 30.9 Å². The second kappa shape index (κ2) is 5.35. The Balaban J connectivity index is 1.80. The molecule has 0 saturated carbocycles. The van der Waals surface area contributed by atoms with Gasteiger partial charge in [-0.15, -0.1) is 0 Å². The molecule has 0 bridgehead atoms. The average molecular weight is 248 g/mol. The van der Waals surface area contributed by atoms with Gasteiger partial charge >= 0.3 is 0 Å². The van der Waals surface area contributed by atoms with Crippen LogP contribution in [0.25, 0.3) is 0 Å². The molecule has 3 N–H and O–H groups in total. The van der Waals surface area contributed by atoms with E-state index in [2.05, 4.69) is 15.5 Å². The molecule has 0 aliphatic carbocycles. The number of carbonyl (C=O) groups excluding carboxylic acids is 1. The predicted octanol–water partition coefficient (Wildman–Crippen LogP) is -0.133. The van der Waals surface area contributed by atoms with Crippen molar-refractivity contribution in [3.8, 4) is 0 Å². The molecule has 2 aromatic rings. The molecule has 2 heterocycles. The summed E-state index contributed by atoms with van der Waals surface area (Å²) in [6, 6.07) is 1.85. The highest BCUT2D eigenvalue weighted by atomic mass is 16.2. The summed E-state index contributed by atoms with van der Waals surface area (Å²) in [6.45, 7) is 2.73. The molecule has 0 spiro atoms. The zero-order valence-electron chi connectivity index (χ0n) is 10.2. The summed E-state index contributed by atoms with van der Waals surface area (Å²) >= 11 is 0. The van der Waals surface area contributed by atoms with Gasteiger partial charge in [-0.1, -0.05) is 0 Å². The molecule has 0 aliphatic heterocycles. The van der Waals surface area contributed by atoms with Gasteiger partial charge in [0.1, 0.15) is 6.54 Å². The highest BCUT2D eigenvalue weighted by molar-refractivity contribution is 5.75. The number of nitrogen functional groups attached to an aromatic ring is 1. The minimum absolute atomic E-state index is 0.00492. The molecule has 7 heteroatoms. The first-order valence-electron chi connectivity index (χ1n) is 5.68. The van der Waals surface area contributed by atoms with Gasteiger partial charge < -0.3 is 11.1 Å². The molecule has 0 aliphatic rings. The fourth-order valence-corrected chi connectivity index (χ4v) is 1.67. The fraction of sp³-hybridized carbons (Fsp3) is 0.364. The van der Waals surface area contributed by atoms with Crippen LogP contribution in [0.3, 0.4) is 0 Å². The average Bonchev–Trinajstić information content (AvgIpc) is 2.90. The van der Waals surface area contributed by atoms with Crippen molar-refractivity contribution in [3.05, 3.63) is 30.9 Å². The molecule has 2 aromatic heterocycles. The van der Waals surface area contributed by atoms with Crippen LogP contribution < -0.4 is 11.1 Å². The number of amides is 1. The number of aromatic nitrogens is 4. The number of nitrogens with zero attached hydrogens (tertiary/aromatic N) is 4. The van der Waals surface area contributed by atoms with Gasteiger partial charge in [0.05, 0.1) is 18.4 Å². The van der Waals surface area contributed by atoms with Gasteiger partial charge in [0.15, 0.2) is 0 Å². The molecule has 7 nitrogen and oxygen atoms in total. The summed E-state index contributed by atoms with van der Waals surface area (Å²) in [5.74, 6) is -0.0993. The number of hydrogen-bond acceptors (Lipinski definition) is 4. The normalized spacial score (nSPS) is 12.3. The molecule has 96 valence electrons. The minimum Gasteiger partial charge on any atom is -0.396 e. The Morgan fingerprint density at radius 3 is 2.94 bits per heavy atom. The molecule has 0 fully saturated rings. The Morgan fingerprint density at radius 1 is 1.50 bits per heavy atom. The number of anilines is 1. The monoisotopic (exact) mass is 248 g/mol. The second-order valence-corrected chi connectivity index (χ2v) is 4.17. The van der Waals surface area contributed by atoms with Gasteiger partial charge in [-0.2, -0.15) is 10.2 Å². The van der Waals surface area contributed by atoms with E-state index in [9.17, 15) is 4.79 Å². The van der Waals surface area contributed by atoms with E-state index >= 15 is 0 Å². The third-order valence-electron chi connectivity index (χ3n) is 2.39. The third-order valence-corrected chi connectivity index (χ3v) is 2.39. The van der Waals surface area contributed by atoms with E-state index in [1.807, 2.05) is 19.2 Å². The van der Waals surface area contributed by atoms with Crippen molar-refractivity contribution in [1.29, 1.82) is 0 Å². The molecule has 0 radical (unpaired) electrons. The summed E-state index contributed by atoms with van der Waals surface area (Å²) < 4.78 is 3.28. The maximum absolute atomic E-state index is 11.7. The van der Waals surface area contributed by atoms with Gasteiger partial charge in [-0.05, 0) is 13.0 Å². The standard InChI is InChI=1S/C11H16N6O/c1-9(6-16-4-2-3-13-16)15-11(18)8-17-7-10(12)5-14-17/h2-5,7,9H,6,8,12H2,1H3,(H,15,18). The maximum atomic E-state index is 11.7. The van der Waals surface area contributed by atoms with Crippen LogP contribution in [0.5, 0.6) is 0 Å². The fourth-order valence-electron chi connectivity index (χ4n) is 1.67. The lowest BCUT2D eigenvalue weighted by Gasteiger charge is -2.13. The maximum Gasteiger partial charge on any atom is 0.242 e. The van der Waals surface area contributed by atoms with Crippen LogP contribution in [-0.4, -0.2) is 31.5 Å². The number of carbonyl (C=O) groups is 1. The summed E-state index contributed by atoms with van der Waals surface area (Å²) in [7, 11) is 0. The van der Waals surface area contributed by atoms with E-state index in [-0.39, 0.29) is 18.5 Å². The number of nitrogens with two attached hydrogens (primary N) is 1. The lowest BCUT2D eigenvalue weighted by molar-refractivity contribution is -0.122. The molecule has 2 rings (SSSR count). The van der Waals surface area contributed by atoms with E-state index in [1.165, 1.54) is 10.9 Å². The van der Waals surface area contributed by atoms with Crippen molar-refractivity contribution >= 4 is 11.6 Å². The lowest BCUT2D eigenvalue weighted by atomic mass is 10.3. The zero-order valence-corrected chi connectivity index (χ0v) is 10.2. The molecular weight excluding hydrogens is 232 g/mol. The summed E-state index contributed by atoms with van der Waals surface area (Å²) in [5.41, 5.74) is 6.07. The lowest BCUT2D eigenvalue weighted by Crippen LogP contribution is -2.37. The van der Waals surface area contributed by atoms with Crippen molar-refractivity contribution < 1.29 is 4.79 Å². The van der Waals surface area contributed by atoms with Crippen molar-refractivity contribution in [2.45, 2.75) is 26.1 Å². The number of rotatable bonds is 5. The Kier molecular flexibility index (Phi) is 3.61. The van der Waals surface area contributed by atoms with Crippen LogP contribution in [0.4, 0.5) is 5.69 Å². The van der Waals surface area contributed by atoms with Gasteiger partial charge in [0.25, 0.3) is 0 Å². The van der Waals surface area contributed by atoms with E-state index in [4.69, 9.17) is 5.73 Å². The first-order chi connectivity index (χ1) is 8.63. The topological polar surface area (TPSA) is 90.8 Å². The summed E-state index contributed by atoms with van der Waals surface area (Å²) in [6.07, 6.45) is 6.70. The Bertz CT molecular complexity index is 503. The van der Waals surface area contributed by atoms with Gasteiger partial charge in [0, 0.05) is 24.6 Å². The van der Waals surface area contributed by atoms with E-state index < -0.39 is 0 Å². The summed E-state index contributed by atoms with van der Waals surface area (Å²) in [4.78, 5) is 11.7. The van der Waals surface area contributed by atoms with Crippen LogP contribution >= 0.6 is 0 Å². The van der Waals surface area contributed by atoms with E-state index in [1.54, 1.807) is 17.1 Å². The van der Waals surface area contributed by atoms with Crippen molar-refractivity contribution in [3.63, 3.8) is 0 Å². The first kappa shape index (κ1) is 12.2. The molecule has 1 amide bonds. The van der Waals surface area contributed by atoms with Crippen molar-refractivity contribution in [2.75, 3.05) is 5.73 Å². The Hall–Kier alpha value is -2.31. The molecule has 1 atom stereocenters. The number of nitrogens with one attached hydrogen (secondary N) is 1. The molecular formula is C11H16N6O. The van der Waals surface area contributed by atoms with Crippen LogP contribution in [0, 0.1) is 0 Å². The van der Waals surface area contributed by atoms with E-state index in [0.29, 0.717) is 12.2 Å². The van der Waals surface area contributed by atoms with Gasteiger partial charge in [-0.25, -0.2) is 0 Å². The third kappa shape index (κ3) is 3.34. The molecule has 0 saturated heterocycles. The van der Waals surface area contributed by atoms with Gasteiger partial charge in [-0.3, -0.25) is 14.2 Å². The van der Waals surface area contributed by atoms with Crippen LogP contribution in [-0.2, 0) is 17.9 Å². The SMILES string of the molecule is CC(Cn1cccn1)NC(=O)Cn1cc(N)cn1.